The van der Waals surface area contributed by atoms with Gasteiger partial charge in [0.25, 0.3) is 5.56 Å². The van der Waals surface area contributed by atoms with Gasteiger partial charge in [0.2, 0.25) is 0 Å². The molecule has 1 atom stereocenters. The lowest BCUT2D eigenvalue weighted by atomic mass is 10.0. The predicted octanol–water partition coefficient (Wildman–Crippen LogP) is 0.984. The topological polar surface area (TPSA) is 87.1 Å². The third kappa shape index (κ3) is 2.75. The van der Waals surface area contributed by atoms with Gasteiger partial charge in [0.15, 0.2) is 9.84 Å². The lowest BCUT2D eigenvalue weighted by molar-refractivity contribution is 0.264. The van der Waals surface area contributed by atoms with Crippen LogP contribution in [-0.4, -0.2) is 29.3 Å². The molecule has 0 aliphatic carbocycles. The molecule has 0 amide bonds. The quantitative estimate of drug-likeness (QED) is 0.897. The van der Waals surface area contributed by atoms with Crippen LogP contribution >= 0.6 is 0 Å². The Kier molecular flexibility index (Phi) is 3.99. The van der Waals surface area contributed by atoms with Crippen molar-refractivity contribution in [1.82, 2.24) is 9.36 Å². The first-order valence-corrected chi connectivity index (χ1v) is 9.24. The number of nitrogens with zero attached hydrogens (tertiary/aromatic N) is 2. The number of sulfone groups is 1. The Bertz CT molecular complexity index is 700. The molecule has 7 heteroatoms. The summed E-state index contributed by atoms with van der Waals surface area (Å²) in [5.74, 6) is 0.509. The molecule has 1 fully saturated rings. The van der Waals surface area contributed by atoms with Crippen molar-refractivity contribution in [2.75, 3.05) is 17.2 Å². The van der Waals surface area contributed by atoms with Gasteiger partial charge >= 0.3 is 0 Å². The van der Waals surface area contributed by atoms with Crippen LogP contribution in [0.1, 0.15) is 39.8 Å². The SMILES string of the molecule is CCn1c(CC(C)C)c(N)c(=O)n1C1(C)CCS(=O)(=O)C1. The van der Waals surface area contributed by atoms with Crippen molar-refractivity contribution in [2.45, 2.75) is 52.6 Å². The summed E-state index contributed by atoms with van der Waals surface area (Å²) in [6.45, 7) is 8.53. The summed E-state index contributed by atoms with van der Waals surface area (Å²) in [7, 11) is -3.08. The zero-order valence-corrected chi connectivity index (χ0v) is 14.0. The smallest absolute Gasteiger partial charge is 0.290 e. The second kappa shape index (κ2) is 5.19. The summed E-state index contributed by atoms with van der Waals surface area (Å²) < 4.78 is 27.1. The van der Waals surface area contributed by atoms with Crippen molar-refractivity contribution in [3.8, 4) is 0 Å². The molecule has 1 saturated heterocycles. The molecule has 2 heterocycles. The number of anilines is 1. The van der Waals surface area contributed by atoms with E-state index in [1.165, 1.54) is 0 Å². The Hall–Kier alpha value is -1.24. The monoisotopic (exact) mass is 315 g/mol. The number of nitrogen functional groups attached to an aromatic ring is 1. The molecular weight excluding hydrogens is 290 g/mol. The van der Waals surface area contributed by atoms with Gasteiger partial charge in [-0.15, -0.1) is 0 Å². The highest BCUT2D eigenvalue weighted by atomic mass is 32.2. The van der Waals surface area contributed by atoms with Crippen LogP contribution in [-0.2, 0) is 28.3 Å². The van der Waals surface area contributed by atoms with Crippen LogP contribution in [0.4, 0.5) is 5.69 Å². The highest BCUT2D eigenvalue weighted by Gasteiger charge is 2.43. The van der Waals surface area contributed by atoms with Crippen molar-refractivity contribution in [1.29, 1.82) is 0 Å². The van der Waals surface area contributed by atoms with Gasteiger partial charge in [0.05, 0.1) is 22.7 Å². The van der Waals surface area contributed by atoms with Crippen LogP contribution in [0.5, 0.6) is 0 Å². The third-order valence-corrected chi connectivity index (χ3v) is 6.07. The molecule has 1 aromatic heterocycles. The van der Waals surface area contributed by atoms with Gasteiger partial charge in [-0.05, 0) is 32.6 Å². The van der Waals surface area contributed by atoms with E-state index in [0.29, 0.717) is 25.3 Å². The normalized spacial score (nSPS) is 24.8. The van der Waals surface area contributed by atoms with E-state index in [1.807, 2.05) is 18.5 Å². The maximum Gasteiger partial charge on any atom is 0.290 e. The van der Waals surface area contributed by atoms with E-state index in [-0.39, 0.29) is 22.8 Å². The molecular formula is C14H25N3O3S. The van der Waals surface area contributed by atoms with Crippen LogP contribution in [0.15, 0.2) is 4.79 Å². The molecule has 0 spiro atoms. The van der Waals surface area contributed by atoms with E-state index >= 15 is 0 Å². The molecule has 0 saturated carbocycles. The molecule has 1 aliphatic rings. The molecule has 0 radical (unpaired) electrons. The van der Waals surface area contributed by atoms with Gasteiger partial charge in [-0.25, -0.2) is 13.1 Å². The van der Waals surface area contributed by atoms with Gasteiger partial charge in [-0.2, -0.15) is 0 Å². The zero-order chi connectivity index (χ0) is 16.0. The Balaban J connectivity index is 2.62. The molecule has 1 aliphatic heterocycles. The maximum absolute atomic E-state index is 12.6. The number of nitrogens with two attached hydrogens (primary N) is 1. The Labute approximate surface area is 125 Å². The van der Waals surface area contributed by atoms with E-state index in [2.05, 4.69) is 13.8 Å². The number of hydrogen-bond donors (Lipinski definition) is 1. The fraction of sp³-hybridized carbons (Fsp3) is 0.786. The molecule has 6 nitrogen and oxygen atoms in total. The molecule has 0 aromatic carbocycles. The number of rotatable bonds is 4. The lowest BCUT2D eigenvalue weighted by Gasteiger charge is -2.27. The maximum atomic E-state index is 12.6. The Morgan fingerprint density at radius 3 is 2.43 bits per heavy atom. The van der Waals surface area contributed by atoms with Crippen molar-refractivity contribution in [2.24, 2.45) is 5.92 Å². The molecule has 2 N–H and O–H groups in total. The number of aromatic nitrogens is 2. The van der Waals surface area contributed by atoms with E-state index < -0.39 is 15.4 Å². The fourth-order valence-electron chi connectivity index (χ4n) is 3.24. The van der Waals surface area contributed by atoms with Crippen LogP contribution in [0.25, 0.3) is 0 Å². The molecule has 120 valence electrons. The summed E-state index contributed by atoms with van der Waals surface area (Å²) in [4.78, 5) is 12.6. The number of hydrogen-bond acceptors (Lipinski definition) is 4. The standard InChI is InChI=1S/C14H25N3O3S/c1-5-16-11(8-10(2)3)12(15)13(18)17(16)14(4)6-7-21(19,20)9-14/h10H,5-9,15H2,1-4H3. The molecule has 1 unspecified atom stereocenters. The highest BCUT2D eigenvalue weighted by Crippen LogP contribution is 2.31. The van der Waals surface area contributed by atoms with Gasteiger partial charge in [0, 0.05) is 6.54 Å². The van der Waals surface area contributed by atoms with Gasteiger partial charge in [-0.3, -0.25) is 9.48 Å². The second-order valence-corrected chi connectivity index (χ2v) is 8.81. The zero-order valence-electron chi connectivity index (χ0n) is 13.2. The third-order valence-electron chi connectivity index (χ3n) is 4.18. The molecule has 2 rings (SSSR count). The summed E-state index contributed by atoms with van der Waals surface area (Å²) in [6, 6.07) is 0. The second-order valence-electron chi connectivity index (χ2n) is 6.63. The largest absolute Gasteiger partial charge is 0.393 e. The van der Waals surface area contributed by atoms with Gasteiger partial charge < -0.3 is 5.73 Å². The predicted molar refractivity (Wildman–Crippen MR) is 84.2 cm³/mol. The fourth-order valence-corrected chi connectivity index (χ4v) is 5.35. The first kappa shape index (κ1) is 16.1. The van der Waals surface area contributed by atoms with Crippen LogP contribution in [0.3, 0.4) is 0 Å². The summed E-state index contributed by atoms with van der Waals surface area (Å²) in [5.41, 5.74) is 6.14. The van der Waals surface area contributed by atoms with Crippen LogP contribution in [0, 0.1) is 5.92 Å². The Morgan fingerprint density at radius 1 is 1.38 bits per heavy atom. The average molecular weight is 315 g/mol. The minimum Gasteiger partial charge on any atom is -0.393 e. The average Bonchev–Trinajstić information content (AvgIpc) is 2.77. The van der Waals surface area contributed by atoms with E-state index in [1.54, 1.807) is 4.68 Å². The summed E-state index contributed by atoms with van der Waals surface area (Å²) in [6.07, 6.45) is 1.17. The van der Waals surface area contributed by atoms with E-state index in [0.717, 1.165) is 5.69 Å². The van der Waals surface area contributed by atoms with Gasteiger partial charge in [-0.1, -0.05) is 13.8 Å². The molecule has 21 heavy (non-hydrogen) atoms. The van der Waals surface area contributed by atoms with E-state index in [9.17, 15) is 13.2 Å². The highest BCUT2D eigenvalue weighted by molar-refractivity contribution is 7.91. The summed E-state index contributed by atoms with van der Waals surface area (Å²) >= 11 is 0. The minimum atomic E-state index is -3.08. The molecule has 0 bridgehead atoms. The Morgan fingerprint density at radius 2 is 2.00 bits per heavy atom. The van der Waals surface area contributed by atoms with Crippen molar-refractivity contribution >= 4 is 15.5 Å². The lowest BCUT2D eigenvalue weighted by Crippen LogP contribution is -2.42. The van der Waals surface area contributed by atoms with Crippen LogP contribution in [0.2, 0.25) is 0 Å². The van der Waals surface area contributed by atoms with Crippen molar-refractivity contribution in [3.05, 3.63) is 16.0 Å². The van der Waals surface area contributed by atoms with E-state index in [4.69, 9.17) is 5.73 Å². The van der Waals surface area contributed by atoms with Crippen molar-refractivity contribution in [3.63, 3.8) is 0 Å². The van der Waals surface area contributed by atoms with Gasteiger partial charge in [0.1, 0.15) is 5.69 Å². The minimum absolute atomic E-state index is 0.00444. The molecule has 1 aromatic rings. The first-order chi connectivity index (χ1) is 9.61. The first-order valence-electron chi connectivity index (χ1n) is 7.42. The van der Waals surface area contributed by atoms with Crippen LogP contribution < -0.4 is 11.3 Å². The summed E-state index contributed by atoms with van der Waals surface area (Å²) in [5, 5.41) is 0. The van der Waals surface area contributed by atoms with Crippen molar-refractivity contribution < 1.29 is 8.42 Å².